The first-order valence-electron chi connectivity index (χ1n) is 10.6. The summed E-state index contributed by atoms with van der Waals surface area (Å²) in [5, 5.41) is 16.2. The van der Waals surface area contributed by atoms with E-state index < -0.39 is 0 Å². The minimum absolute atomic E-state index is 0.0646. The number of aryl methyl sites for hydroxylation is 1. The SMILES string of the molecule is CC(C)COC1(Cc2nnc3cc(-c4ccnc(Nc5ccnn5C)n4)ccn23)CC1. The van der Waals surface area contributed by atoms with Crippen molar-refractivity contribution in [2.24, 2.45) is 13.0 Å². The van der Waals surface area contributed by atoms with Gasteiger partial charge in [0, 0.05) is 44.1 Å². The van der Waals surface area contributed by atoms with Crippen molar-refractivity contribution >= 4 is 17.4 Å². The molecule has 0 amide bonds. The van der Waals surface area contributed by atoms with E-state index in [2.05, 4.69) is 44.4 Å². The molecular formula is C22H26N8O. The Kier molecular flexibility index (Phi) is 4.90. The lowest BCUT2D eigenvalue weighted by Crippen LogP contribution is -2.21. The molecule has 0 aliphatic heterocycles. The second-order valence-corrected chi connectivity index (χ2v) is 8.56. The van der Waals surface area contributed by atoms with Crippen molar-refractivity contribution in [3.8, 4) is 11.3 Å². The molecule has 0 bridgehead atoms. The van der Waals surface area contributed by atoms with E-state index in [9.17, 15) is 0 Å². The van der Waals surface area contributed by atoms with Gasteiger partial charge in [0.05, 0.1) is 17.5 Å². The fraction of sp³-hybridized carbons (Fsp3) is 0.409. The van der Waals surface area contributed by atoms with Crippen molar-refractivity contribution in [1.82, 2.24) is 34.3 Å². The van der Waals surface area contributed by atoms with Crippen molar-refractivity contribution in [2.45, 2.75) is 38.7 Å². The Labute approximate surface area is 180 Å². The summed E-state index contributed by atoms with van der Waals surface area (Å²) in [5.74, 6) is 2.80. The third-order valence-electron chi connectivity index (χ3n) is 5.50. The van der Waals surface area contributed by atoms with Gasteiger partial charge in [0.1, 0.15) is 11.6 Å². The molecule has 5 rings (SSSR count). The van der Waals surface area contributed by atoms with Crippen molar-refractivity contribution in [1.29, 1.82) is 0 Å². The maximum absolute atomic E-state index is 6.17. The molecule has 31 heavy (non-hydrogen) atoms. The molecule has 1 fully saturated rings. The molecule has 9 nitrogen and oxygen atoms in total. The number of nitrogens with one attached hydrogen (secondary N) is 1. The van der Waals surface area contributed by atoms with Crippen molar-refractivity contribution in [3.63, 3.8) is 0 Å². The first-order chi connectivity index (χ1) is 15.0. The van der Waals surface area contributed by atoms with Crippen molar-refractivity contribution in [3.05, 3.63) is 48.7 Å². The Hall–Kier alpha value is -3.33. The molecule has 4 heterocycles. The first-order valence-corrected chi connectivity index (χ1v) is 10.6. The molecule has 1 N–H and O–H groups in total. The third kappa shape index (κ3) is 4.13. The number of hydrogen-bond acceptors (Lipinski definition) is 7. The highest BCUT2D eigenvalue weighted by atomic mass is 16.5. The van der Waals surface area contributed by atoms with Gasteiger partial charge in [-0.2, -0.15) is 5.10 Å². The highest BCUT2D eigenvalue weighted by molar-refractivity contribution is 5.65. The van der Waals surface area contributed by atoms with E-state index in [4.69, 9.17) is 4.74 Å². The number of anilines is 2. The molecule has 0 unspecified atom stereocenters. The van der Waals surface area contributed by atoms with Crippen LogP contribution in [0.4, 0.5) is 11.8 Å². The Morgan fingerprint density at radius 2 is 2.03 bits per heavy atom. The number of ether oxygens (including phenoxy) is 1. The van der Waals surface area contributed by atoms with Gasteiger partial charge in [0.2, 0.25) is 5.95 Å². The Balaban J connectivity index is 1.36. The molecule has 4 aromatic rings. The fourth-order valence-corrected chi connectivity index (χ4v) is 3.55. The predicted molar refractivity (Wildman–Crippen MR) is 117 cm³/mol. The topological polar surface area (TPSA) is 95.0 Å². The zero-order valence-electron chi connectivity index (χ0n) is 18.0. The number of pyridine rings is 1. The number of aromatic nitrogens is 7. The molecule has 9 heteroatoms. The standard InChI is InChI=1S/C22H26N8O/c1-15(2)14-31-22(7-8-22)13-20-28-27-19-12-16(6-11-30(19)20)17-4-9-23-21(25-17)26-18-5-10-24-29(18)3/h4-6,9-12,15H,7-8,13-14H2,1-3H3,(H,23,25,26). The molecule has 1 saturated carbocycles. The van der Waals surface area contributed by atoms with E-state index in [1.165, 1.54) is 0 Å². The summed E-state index contributed by atoms with van der Waals surface area (Å²) in [5.41, 5.74) is 2.50. The smallest absolute Gasteiger partial charge is 0.228 e. The number of rotatable bonds is 8. The average Bonchev–Trinajstić information content (AvgIpc) is 3.25. The average molecular weight is 419 g/mol. The normalized spacial score (nSPS) is 15.0. The summed E-state index contributed by atoms with van der Waals surface area (Å²) in [6.07, 6.45) is 8.42. The van der Waals surface area contributed by atoms with Crippen LogP contribution in [-0.2, 0) is 18.2 Å². The van der Waals surface area contributed by atoms with Gasteiger partial charge in [-0.25, -0.2) is 9.97 Å². The van der Waals surface area contributed by atoms with Crippen LogP contribution in [0, 0.1) is 5.92 Å². The van der Waals surface area contributed by atoms with E-state index in [-0.39, 0.29) is 5.60 Å². The lowest BCUT2D eigenvalue weighted by Gasteiger charge is -2.17. The Morgan fingerprint density at radius 3 is 2.77 bits per heavy atom. The largest absolute Gasteiger partial charge is 0.374 e. The second-order valence-electron chi connectivity index (χ2n) is 8.56. The van der Waals surface area contributed by atoms with E-state index in [0.29, 0.717) is 11.9 Å². The van der Waals surface area contributed by atoms with Gasteiger partial charge in [-0.3, -0.25) is 9.08 Å². The summed E-state index contributed by atoms with van der Waals surface area (Å²) in [4.78, 5) is 8.96. The molecule has 4 aromatic heterocycles. The number of fused-ring (bicyclic) bond motifs is 1. The maximum Gasteiger partial charge on any atom is 0.228 e. The first kappa shape index (κ1) is 19.6. The van der Waals surface area contributed by atoms with Crippen LogP contribution in [0.15, 0.2) is 42.9 Å². The van der Waals surface area contributed by atoms with Crippen LogP contribution in [-0.4, -0.2) is 46.6 Å². The highest BCUT2D eigenvalue weighted by Gasteiger charge is 2.45. The zero-order valence-corrected chi connectivity index (χ0v) is 18.0. The summed E-state index contributed by atoms with van der Waals surface area (Å²) in [7, 11) is 1.86. The van der Waals surface area contributed by atoms with Gasteiger partial charge in [-0.1, -0.05) is 13.8 Å². The molecule has 0 spiro atoms. The van der Waals surface area contributed by atoms with Gasteiger partial charge in [0.15, 0.2) is 5.65 Å². The summed E-state index contributed by atoms with van der Waals surface area (Å²) in [6.45, 7) is 5.13. The molecule has 1 aliphatic rings. The molecule has 1 aliphatic carbocycles. The van der Waals surface area contributed by atoms with E-state index in [0.717, 1.165) is 54.4 Å². The highest BCUT2D eigenvalue weighted by Crippen LogP contribution is 2.42. The minimum Gasteiger partial charge on any atom is -0.374 e. The summed E-state index contributed by atoms with van der Waals surface area (Å²) in [6, 6.07) is 7.79. The van der Waals surface area contributed by atoms with Crippen LogP contribution in [0.25, 0.3) is 16.9 Å². The molecule has 0 saturated heterocycles. The quantitative estimate of drug-likeness (QED) is 0.468. The lowest BCUT2D eigenvalue weighted by atomic mass is 10.2. The van der Waals surface area contributed by atoms with E-state index in [1.54, 1.807) is 17.1 Å². The van der Waals surface area contributed by atoms with Gasteiger partial charge in [-0.05, 0) is 37.0 Å². The monoisotopic (exact) mass is 418 g/mol. The Bertz CT molecular complexity index is 1210. The molecule has 160 valence electrons. The van der Waals surface area contributed by atoms with E-state index >= 15 is 0 Å². The van der Waals surface area contributed by atoms with Crippen LogP contribution < -0.4 is 5.32 Å². The van der Waals surface area contributed by atoms with Gasteiger partial charge in [-0.15, -0.1) is 10.2 Å². The van der Waals surface area contributed by atoms with Crippen LogP contribution >= 0.6 is 0 Å². The van der Waals surface area contributed by atoms with Gasteiger partial charge >= 0.3 is 0 Å². The summed E-state index contributed by atoms with van der Waals surface area (Å²) < 4.78 is 9.94. The number of hydrogen-bond donors (Lipinski definition) is 1. The molecule has 0 radical (unpaired) electrons. The van der Waals surface area contributed by atoms with Crippen molar-refractivity contribution < 1.29 is 4.74 Å². The predicted octanol–water partition coefficient (Wildman–Crippen LogP) is 3.41. The van der Waals surface area contributed by atoms with Crippen LogP contribution in [0.1, 0.15) is 32.5 Å². The molecular weight excluding hydrogens is 392 g/mol. The lowest BCUT2D eigenvalue weighted by molar-refractivity contribution is 0.0155. The number of nitrogens with zero attached hydrogens (tertiary/aromatic N) is 7. The van der Waals surface area contributed by atoms with Gasteiger partial charge in [0.25, 0.3) is 0 Å². The zero-order chi connectivity index (χ0) is 21.4. The molecule has 0 atom stereocenters. The minimum atomic E-state index is -0.0646. The van der Waals surface area contributed by atoms with Crippen LogP contribution in [0.5, 0.6) is 0 Å². The van der Waals surface area contributed by atoms with Gasteiger partial charge < -0.3 is 10.1 Å². The fourth-order valence-electron chi connectivity index (χ4n) is 3.55. The van der Waals surface area contributed by atoms with Crippen LogP contribution in [0.3, 0.4) is 0 Å². The van der Waals surface area contributed by atoms with Crippen LogP contribution in [0.2, 0.25) is 0 Å². The summed E-state index contributed by atoms with van der Waals surface area (Å²) >= 11 is 0. The second kappa shape index (κ2) is 7.73. The van der Waals surface area contributed by atoms with E-state index in [1.807, 2.05) is 41.9 Å². The Morgan fingerprint density at radius 1 is 1.16 bits per heavy atom. The maximum atomic E-state index is 6.17. The third-order valence-corrected chi connectivity index (χ3v) is 5.50. The van der Waals surface area contributed by atoms with Crippen molar-refractivity contribution in [2.75, 3.05) is 11.9 Å². The molecule has 0 aromatic carbocycles.